The van der Waals surface area contributed by atoms with Gasteiger partial charge in [-0.05, 0) is 45.0 Å². The predicted molar refractivity (Wildman–Crippen MR) is 82.2 cm³/mol. The number of esters is 1. The number of halogens is 1. The molecule has 0 spiro atoms. The Morgan fingerprint density at radius 1 is 1.17 bits per heavy atom. The number of sulfone groups is 1. The van der Waals surface area contributed by atoms with E-state index in [1.807, 2.05) is 0 Å². The first kappa shape index (κ1) is 17.9. The molecular formula is C16H21FO5S. The van der Waals surface area contributed by atoms with Crippen LogP contribution < -0.4 is 0 Å². The average molecular weight is 344 g/mol. The lowest BCUT2D eigenvalue weighted by Crippen LogP contribution is -2.53. The van der Waals surface area contributed by atoms with Crippen LogP contribution in [0.1, 0.15) is 33.6 Å². The number of hydrogen-bond acceptors (Lipinski definition) is 5. The first-order chi connectivity index (χ1) is 10.6. The van der Waals surface area contributed by atoms with Crippen LogP contribution >= 0.6 is 0 Å². The molecule has 0 unspecified atom stereocenters. The molecule has 1 aliphatic rings. The van der Waals surface area contributed by atoms with Crippen molar-refractivity contribution in [1.29, 1.82) is 0 Å². The fourth-order valence-corrected chi connectivity index (χ4v) is 4.40. The minimum atomic E-state index is -4.03. The van der Waals surface area contributed by atoms with E-state index in [0.29, 0.717) is 0 Å². The van der Waals surface area contributed by atoms with Gasteiger partial charge in [0.05, 0.1) is 4.90 Å². The second kappa shape index (κ2) is 6.20. The van der Waals surface area contributed by atoms with E-state index >= 15 is 0 Å². The minimum Gasteiger partial charge on any atom is -0.459 e. The summed E-state index contributed by atoms with van der Waals surface area (Å²) in [4.78, 5) is 12.6. The van der Waals surface area contributed by atoms with E-state index in [-0.39, 0.29) is 31.0 Å². The van der Waals surface area contributed by atoms with Crippen molar-refractivity contribution in [3.63, 3.8) is 0 Å². The number of carbonyl (C=O) groups excluding carboxylic acids is 1. The summed E-state index contributed by atoms with van der Waals surface area (Å²) in [7, 11) is -4.03. The maximum atomic E-state index is 13.1. The smallest absolute Gasteiger partial charge is 0.328 e. The van der Waals surface area contributed by atoms with Gasteiger partial charge in [0.1, 0.15) is 11.4 Å². The number of ether oxygens (including phenoxy) is 2. The Balaban J connectivity index is 2.49. The Labute approximate surface area is 135 Å². The van der Waals surface area contributed by atoms with Crippen molar-refractivity contribution < 1.29 is 27.1 Å². The maximum absolute atomic E-state index is 13.1. The molecule has 0 bridgehead atoms. The molecule has 0 aliphatic carbocycles. The van der Waals surface area contributed by atoms with Crippen molar-refractivity contribution >= 4 is 15.8 Å². The quantitative estimate of drug-likeness (QED) is 0.622. The fraction of sp³-hybridized carbons (Fsp3) is 0.562. The van der Waals surface area contributed by atoms with Gasteiger partial charge in [0, 0.05) is 26.1 Å². The summed E-state index contributed by atoms with van der Waals surface area (Å²) in [6.45, 7) is 5.35. The summed E-state index contributed by atoms with van der Waals surface area (Å²) in [5, 5.41) is 0. The van der Waals surface area contributed by atoms with Crippen molar-refractivity contribution in [2.75, 3.05) is 13.2 Å². The third-order valence-electron chi connectivity index (χ3n) is 3.71. The molecule has 0 atom stereocenters. The van der Waals surface area contributed by atoms with Gasteiger partial charge in [-0.1, -0.05) is 0 Å². The lowest BCUT2D eigenvalue weighted by atomic mass is 9.99. The van der Waals surface area contributed by atoms with Crippen molar-refractivity contribution in [3.8, 4) is 0 Å². The summed E-state index contributed by atoms with van der Waals surface area (Å²) in [5.74, 6) is -1.32. The van der Waals surface area contributed by atoms with Gasteiger partial charge < -0.3 is 9.47 Å². The normalized spacial score (nSPS) is 18.4. The van der Waals surface area contributed by atoms with E-state index in [1.54, 1.807) is 20.8 Å². The average Bonchev–Trinajstić information content (AvgIpc) is 2.46. The highest BCUT2D eigenvalue weighted by atomic mass is 32.2. The number of rotatable bonds is 3. The highest BCUT2D eigenvalue weighted by Crippen LogP contribution is 2.37. The maximum Gasteiger partial charge on any atom is 0.328 e. The standard InChI is InChI=1S/C16H21FO5S/c1-15(2,3)22-14(18)16(8-10-21-11-9-16)23(19,20)13-6-4-12(17)5-7-13/h4-7H,8-11H2,1-3H3. The molecule has 5 nitrogen and oxygen atoms in total. The molecule has 0 N–H and O–H groups in total. The second-order valence-electron chi connectivity index (χ2n) is 6.57. The van der Waals surface area contributed by atoms with Gasteiger partial charge in [-0.3, -0.25) is 4.79 Å². The van der Waals surface area contributed by atoms with Crippen LogP contribution in [-0.4, -0.2) is 37.9 Å². The van der Waals surface area contributed by atoms with E-state index in [4.69, 9.17) is 9.47 Å². The first-order valence-corrected chi connectivity index (χ1v) is 8.88. The molecule has 1 aliphatic heterocycles. The first-order valence-electron chi connectivity index (χ1n) is 7.40. The Morgan fingerprint density at radius 3 is 2.17 bits per heavy atom. The van der Waals surface area contributed by atoms with Gasteiger partial charge in [-0.25, -0.2) is 12.8 Å². The molecule has 2 rings (SSSR count). The summed E-state index contributed by atoms with van der Waals surface area (Å²) in [5.41, 5.74) is -0.805. The van der Waals surface area contributed by atoms with Gasteiger partial charge in [-0.15, -0.1) is 0 Å². The highest BCUT2D eigenvalue weighted by Gasteiger charge is 2.54. The lowest BCUT2D eigenvalue weighted by molar-refractivity contribution is -0.160. The molecule has 7 heteroatoms. The van der Waals surface area contributed by atoms with E-state index in [2.05, 4.69) is 0 Å². The van der Waals surface area contributed by atoms with Crippen molar-refractivity contribution in [1.82, 2.24) is 0 Å². The zero-order valence-electron chi connectivity index (χ0n) is 13.5. The van der Waals surface area contributed by atoms with Crippen LogP contribution in [-0.2, 0) is 24.1 Å². The topological polar surface area (TPSA) is 69.7 Å². The SMILES string of the molecule is CC(C)(C)OC(=O)C1(S(=O)(=O)c2ccc(F)cc2)CCOCC1. The van der Waals surface area contributed by atoms with Gasteiger partial charge in [0.15, 0.2) is 14.6 Å². The number of benzene rings is 1. The molecule has 1 heterocycles. The molecule has 1 fully saturated rings. The van der Waals surface area contributed by atoms with Crippen molar-refractivity contribution in [2.45, 2.75) is 48.9 Å². The molecule has 0 radical (unpaired) electrons. The van der Waals surface area contributed by atoms with Gasteiger partial charge in [0.25, 0.3) is 0 Å². The van der Waals surface area contributed by atoms with Crippen LogP contribution in [0.3, 0.4) is 0 Å². The van der Waals surface area contributed by atoms with Gasteiger partial charge in [-0.2, -0.15) is 0 Å². The van der Waals surface area contributed by atoms with Crippen LogP contribution in [0, 0.1) is 5.82 Å². The molecule has 1 aromatic carbocycles. The zero-order chi connectivity index (χ0) is 17.3. The molecule has 1 aromatic rings. The van der Waals surface area contributed by atoms with E-state index in [0.717, 1.165) is 12.1 Å². The van der Waals surface area contributed by atoms with Crippen LogP contribution in [0.25, 0.3) is 0 Å². The number of carbonyl (C=O) groups is 1. The number of hydrogen-bond donors (Lipinski definition) is 0. The molecule has 1 saturated heterocycles. The van der Waals surface area contributed by atoms with E-state index in [9.17, 15) is 17.6 Å². The molecule has 128 valence electrons. The Hall–Kier alpha value is -1.47. The highest BCUT2D eigenvalue weighted by molar-refractivity contribution is 7.93. The second-order valence-corrected chi connectivity index (χ2v) is 8.83. The molecule has 0 saturated carbocycles. The van der Waals surface area contributed by atoms with Crippen molar-refractivity contribution in [3.05, 3.63) is 30.1 Å². The van der Waals surface area contributed by atoms with Crippen LogP contribution in [0.5, 0.6) is 0 Å². The molecular weight excluding hydrogens is 323 g/mol. The third-order valence-corrected chi connectivity index (χ3v) is 6.21. The van der Waals surface area contributed by atoms with Crippen LogP contribution in [0.4, 0.5) is 4.39 Å². The monoisotopic (exact) mass is 344 g/mol. The third kappa shape index (κ3) is 3.55. The van der Waals surface area contributed by atoms with Gasteiger partial charge in [0.2, 0.25) is 0 Å². The summed E-state index contributed by atoms with van der Waals surface area (Å²) in [6, 6.07) is 4.47. The lowest BCUT2D eigenvalue weighted by Gasteiger charge is -2.36. The van der Waals surface area contributed by atoms with E-state index < -0.39 is 32.0 Å². The fourth-order valence-electron chi connectivity index (χ4n) is 2.49. The van der Waals surface area contributed by atoms with E-state index in [1.165, 1.54) is 12.1 Å². The van der Waals surface area contributed by atoms with Gasteiger partial charge >= 0.3 is 5.97 Å². The van der Waals surface area contributed by atoms with Crippen LogP contribution in [0.2, 0.25) is 0 Å². The Bertz CT molecular complexity index is 667. The minimum absolute atomic E-state index is 0.0155. The van der Waals surface area contributed by atoms with Crippen LogP contribution in [0.15, 0.2) is 29.2 Å². The molecule has 0 aromatic heterocycles. The predicted octanol–water partition coefficient (Wildman–Crippen LogP) is 2.49. The summed E-state index contributed by atoms with van der Waals surface area (Å²) >= 11 is 0. The zero-order valence-corrected chi connectivity index (χ0v) is 14.3. The molecule has 23 heavy (non-hydrogen) atoms. The Morgan fingerprint density at radius 2 is 1.70 bits per heavy atom. The molecule has 0 amide bonds. The largest absolute Gasteiger partial charge is 0.459 e. The summed E-state index contributed by atoms with van der Waals surface area (Å²) < 4.78 is 48.1. The Kier molecular flexibility index (Phi) is 4.82. The van der Waals surface area contributed by atoms with Crippen molar-refractivity contribution in [2.24, 2.45) is 0 Å². The summed E-state index contributed by atoms with van der Waals surface area (Å²) in [6.07, 6.45) is 0.0310.